The summed E-state index contributed by atoms with van der Waals surface area (Å²) in [5.41, 5.74) is -12.5. The Hall–Kier alpha value is -1.70. The average molecular weight is 1760 g/mol. The molecule has 0 spiro atoms. The van der Waals surface area contributed by atoms with E-state index in [4.69, 9.17) is 0 Å². The van der Waals surface area contributed by atoms with Gasteiger partial charge in [0.2, 0.25) is 0 Å². The van der Waals surface area contributed by atoms with Crippen LogP contribution in [0.15, 0.2) is 0 Å². The van der Waals surface area contributed by atoms with E-state index in [1.54, 1.807) is 45.0 Å². The summed E-state index contributed by atoms with van der Waals surface area (Å²) in [6.45, 7) is 23.7. The van der Waals surface area contributed by atoms with Gasteiger partial charge in [0, 0.05) is 16.2 Å². The van der Waals surface area contributed by atoms with Crippen LogP contribution in [-0.4, -0.2) is 113 Å². The number of hydrogen-bond donors (Lipinski definition) is 3. The van der Waals surface area contributed by atoms with E-state index < -0.39 is 68.9 Å². The Bertz CT molecular complexity index is 1790. The second kappa shape index (κ2) is 80.1. The summed E-state index contributed by atoms with van der Waals surface area (Å²) in [7, 11) is 0. The van der Waals surface area contributed by atoms with Crippen LogP contribution in [0.5, 0.6) is 0 Å². The van der Waals surface area contributed by atoms with Crippen molar-refractivity contribution in [3.63, 3.8) is 0 Å². The number of carboxylic acid groups (broad SMARTS) is 6. The Morgan fingerprint density at radius 1 is 0.183 bits per heavy atom. The van der Waals surface area contributed by atoms with Gasteiger partial charge in [0.25, 0.3) is 0 Å². The van der Waals surface area contributed by atoms with Crippen molar-refractivity contribution in [3.05, 3.63) is 0 Å². The third-order valence-corrected chi connectivity index (χ3v) is 25.1. The van der Waals surface area contributed by atoms with Crippen LogP contribution in [0.1, 0.15) is 506 Å². The molecule has 3 N–H and O–H groups in total. The minimum absolute atomic E-state index is 0.0822. The average Bonchev–Trinajstić information content (AvgIpc) is 0.776. The molecular formula is C92H174O15Sn2. The SMILES string of the molecule is CCCCCCCCC(O)(C(=O)[O-])C(CCCCCCCC)(CCCCCCCC)C(=O)[O-].CCCCCCCCC(O)(C(=O)[O-])C(CCCCCCCC)(CCCCCCCC)C(=O)[O-].CCCCCCCCC(O)(C(=O)[O-])C(CCCCCCCC)(CCCCCCCC)C(=O)[O-].CCC[CH2][Sn+3].CCC[CH2][Sn+3]. The van der Waals surface area contributed by atoms with Crippen molar-refractivity contribution in [2.24, 2.45) is 16.2 Å². The van der Waals surface area contributed by atoms with Gasteiger partial charge in [0.05, 0.1) is 35.8 Å². The van der Waals surface area contributed by atoms with Crippen molar-refractivity contribution in [1.29, 1.82) is 0 Å². The molecule has 0 heterocycles. The molecule has 3 unspecified atom stereocenters. The Kier molecular flexibility index (Phi) is 85.1. The Balaban J connectivity index is -0.000000465. The van der Waals surface area contributed by atoms with Gasteiger partial charge in [-0.1, -0.05) is 409 Å². The molecule has 15 nitrogen and oxygen atoms in total. The number of carbonyl (C=O) groups is 6. The van der Waals surface area contributed by atoms with E-state index >= 15 is 0 Å². The molecule has 0 bridgehead atoms. The fourth-order valence-corrected chi connectivity index (χ4v) is 17.4. The van der Waals surface area contributed by atoms with Crippen LogP contribution in [0, 0.1) is 16.2 Å². The Morgan fingerprint density at radius 2 is 0.294 bits per heavy atom. The van der Waals surface area contributed by atoms with E-state index in [2.05, 4.69) is 76.2 Å². The number of carbonyl (C=O) groups excluding carboxylic acids is 6. The van der Waals surface area contributed by atoms with E-state index in [1.807, 2.05) is 0 Å². The summed E-state index contributed by atoms with van der Waals surface area (Å²) in [6.07, 6.45) is 57.5. The van der Waals surface area contributed by atoms with Crippen LogP contribution in [0.25, 0.3) is 0 Å². The van der Waals surface area contributed by atoms with Gasteiger partial charge in [-0.15, -0.1) is 0 Å². The third kappa shape index (κ3) is 54.0. The predicted molar refractivity (Wildman–Crippen MR) is 445 cm³/mol. The number of aliphatic carboxylic acids is 6. The summed E-state index contributed by atoms with van der Waals surface area (Å²) in [5, 5.41) is 108. The summed E-state index contributed by atoms with van der Waals surface area (Å²) in [4.78, 5) is 74.3. The quantitative estimate of drug-likeness (QED) is 0.0377. The molecule has 0 rings (SSSR count). The molecule has 0 saturated carbocycles. The maximum atomic E-state index is 12.5. The first-order chi connectivity index (χ1) is 52.3. The van der Waals surface area contributed by atoms with E-state index in [0.29, 0.717) is 57.8 Å². The van der Waals surface area contributed by atoms with Crippen molar-refractivity contribution in [2.75, 3.05) is 0 Å². The summed E-state index contributed by atoms with van der Waals surface area (Å²) in [6, 6.07) is 0. The zero-order chi connectivity index (χ0) is 83.3. The zero-order valence-corrected chi connectivity index (χ0v) is 78.7. The molecule has 17 heteroatoms. The van der Waals surface area contributed by atoms with Crippen molar-refractivity contribution in [2.45, 2.75) is 532 Å². The van der Waals surface area contributed by atoms with Gasteiger partial charge in [-0.25, -0.2) is 0 Å². The standard InChI is InChI=1S/3C28H54O5.2C4H9.2Sn/c3*1-4-7-10-13-16-19-22-27(25(29)30,23-20-17-14-11-8-5-2)28(33,26(31)32)24-21-18-15-12-9-6-3;2*1-3-4-2;;/h3*33H,4-24H2,1-3H3,(H,29,30)(H,31,32);2*1,3-4H2,2H3;;/q;;;;;2*+3/p-6. The third-order valence-electron chi connectivity index (χ3n) is 23.0. The number of hydrogen-bond acceptors (Lipinski definition) is 15. The maximum absolute atomic E-state index is 12.5. The van der Waals surface area contributed by atoms with E-state index in [9.17, 15) is 74.7 Å². The van der Waals surface area contributed by atoms with Gasteiger partial charge in [-0.2, -0.15) is 0 Å². The number of rotatable bonds is 76. The monoisotopic (exact) mass is 1760 g/mol. The molecule has 3 atom stereocenters. The Morgan fingerprint density at radius 3 is 0.385 bits per heavy atom. The van der Waals surface area contributed by atoms with Gasteiger partial charge >= 0.3 is 93.5 Å². The van der Waals surface area contributed by atoms with Crippen LogP contribution < -0.4 is 30.6 Å². The summed E-state index contributed by atoms with van der Waals surface area (Å²) < 4.78 is 2.87. The molecule has 0 aromatic carbocycles. The van der Waals surface area contributed by atoms with Crippen LogP contribution in [0.2, 0.25) is 8.87 Å². The van der Waals surface area contributed by atoms with Crippen LogP contribution >= 0.6 is 0 Å². The molecule has 0 aromatic rings. The molecule has 0 aromatic heterocycles. The molecular weight excluding hydrogens is 1580 g/mol. The second-order valence-electron chi connectivity index (χ2n) is 32.4. The first-order valence-corrected chi connectivity index (χ1v) is 50.1. The van der Waals surface area contributed by atoms with Gasteiger partial charge < -0.3 is 74.7 Å². The molecule has 109 heavy (non-hydrogen) atoms. The molecule has 0 fully saturated rings. The number of aliphatic hydroxyl groups is 3. The molecule has 0 aliphatic rings. The topological polar surface area (TPSA) is 301 Å². The molecule has 0 aliphatic heterocycles. The first-order valence-electron chi connectivity index (χ1n) is 46.0. The second-order valence-corrected chi connectivity index (χ2v) is 35.3. The van der Waals surface area contributed by atoms with E-state index in [0.717, 1.165) is 289 Å². The predicted octanol–water partition coefficient (Wildman–Crippen LogP) is 19.1. The first kappa shape index (κ1) is 116. The van der Waals surface area contributed by atoms with Crippen LogP contribution in [0.4, 0.5) is 0 Å². The van der Waals surface area contributed by atoms with Crippen molar-refractivity contribution >= 4 is 80.9 Å². The molecule has 0 aliphatic carbocycles. The van der Waals surface area contributed by atoms with Gasteiger partial charge in [-0.3, -0.25) is 0 Å². The van der Waals surface area contributed by atoms with Crippen molar-refractivity contribution < 1.29 is 74.7 Å². The number of unbranched alkanes of at least 4 members (excludes halogenated alkanes) is 47. The minimum atomic E-state index is -2.39. The molecule has 0 amide bonds. The molecule has 0 saturated heterocycles. The van der Waals surface area contributed by atoms with Gasteiger partial charge in [0.1, 0.15) is 16.8 Å². The van der Waals surface area contributed by atoms with Crippen molar-refractivity contribution in [3.8, 4) is 0 Å². The molecule has 0 radical (unpaired) electrons. The summed E-state index contributed by atoms with van der Waals surface area (Å²) in [5.74, 6) is -9.25. The van der Waals surface area contributed by atoms with Crippen LogP contribution in [-0.2, 0) is 28.8 Å². The fraction of sp³-hybridized carbons (Fsp3) is 0.935. The molecule has 640 valence electrons. The van der Waals surface area contributed by atoms with E-state index in [1.165, 1.54) is 34.6 Å². The van der Waals surface area contributed by atoms with Gasteiger partial charge in [-0.05, 0) is 57.8 Å². The van der Waals surface area contributed by atoms with E-state index in [-0.39, 0.29) is 57.8 Å². The normalized spacial score (nSPS) is 13.2. The summed E-state index contributed by atoms with van der Waals surface area (Å²) >= 11 is 3.37. The zero-order valence-electron chi connectivity index (χ0n) is 73.0. The van der Waals surface area contributed by atoms with Crippen LogP contribution in [0.3, 0.4) is 0 Å². The van der Waals surface area contributed by atoms with Crippen molar-refractivity contribution in [1.82, 2.24) is 0 Å². The Labute approximate surface area is 699 Å². The van der Waals surface area contributed by atoms with Gasteiger partial charge in [0.15, 0.2) is 0 Å². The fourth-order valence-electron chi connectivity index (χ4n) is 15.4. The number of carboxylic acids is 6.